The fourth-order valence-corrected chi connectivity index (χ4v) is 1.79. The number of unbranched alkanes of at least 4 members (excludes halogenated alkanes) is 1. The van der Waals surface area contributed by atoms with E-state index in [0.717, 1.165) is 12.5 Å². The van der Waals surface area contributed by atoms with Gasteiger partial charge in [-0.15, -0.1) is 0 Å². The first-order valence-corrected chi connectivity index (χ1v) is 6.56. The molecule has 1 aliphatic rings. The second kappa shape index (κ2) is 8.12. The molecule has 0 amide bonds. The van der Waals surface area contributed by atoms with Gasteiger partial charge in [0.15, 0.2) is 0 Å². The monoisotopic (exact) mass is 214 g/mol. The van der Waals surface area contributed by atoms with Crippen molar-refractivity contribution in [1.82, 2.24) is 0 Å². The third-order valence-electron chi connectivity index (χ3n) is 3.34. The molecule has 0 heterocycles. The van der Waals surface area contributed by atoms with Crippen LogP contribution in [0.4, 0.5) is 0 Å². The molecule has 2 heteroatoms. The molecule has 2 nitrogen and oxygen atoms in total. The van der Waals surface area contributed by atoms with Gasteiger partial charge in [-0.2, -0.15) is 0 Å². The number of hydrogen-bond donors (Lipinski definition) is 0. The minimum atomic E-state index is 0.501. The minimum absolute atomic E-state index is 0.501. The average Bonchev–Trinajstić information content (AvgIpc) is 2.19. The van der Waals surface area contributed by atoms with Gasteiger partial charge in [-0.3, -0.25) is 0 Å². The summed E-state index contributed by atoms with van der Waals surface area (Å²) in [5.41, 5.74) is 0. The molecule has 0 spiro atoms. The zero-order valence-corrected chi connectivity index (χ0v) is 10.3. The summed E-state index contributed by atoms with van der Waals surface area (Å²) in [7, 11) is 0. The van der Waals surface area contributed by atoms with Crippen LogP contribution >= 0.6 is 0 Å². The molecule has 0 radical (unpaired) electrons. The maximum absolute atomic E-state index is 5.57. The second-order valence-electron chi connectivity index (χ2n) is 4.62. The van der Waals surface area contributed by atoms with E-state index in [1.54, 1.807) is 0 Å². The first kappa shape index (κ1) is 13.0. The number of hydrogen-bond acceptors (Lipinski definition) is 2. The Morgan fingerprint density at radius 3 is 2.60 bits per heavy atom. The van der Waals surface area contributed by atoms with E-state index in [1.165, 1.54) is 44.9 Å². The summed E-state index contributed by atoms with van der Waals surface area (Å²) in [4.78, 5) is 0. The molecule has 0 saturated heterocycles. The Balaban J connectivity index is 1.90. The lowest BCUT2D eigenvalue weighted by molar-refractivity contribution is -0.118. The van der Waals surface area contributed by atoms with Gasteiger partial charge in [0, 0.05) is 0 Å². The highest BCUT2D eigenvalue weighted by atomic mass is 16.7. The standard InChI is InChI=1S/C13H26O2/c1-3-5-7-12(4-2)10-14-11-15-13-8-6-9-13/h12-13H,3-11H2,1-2H3. The van der Waals surface area contributed by atoms with Gasteiger partial charge in [0.2, 0.25) is 0 Å². The van der Waals surface area contributed by atoms with Gasteiger partial charge < -0.3 is 9.47 Å². The fourth-order valence-electron chi connectivity index (χ4n) is 1.79. The molecule has 1 unspecified atom stereocenters. The molecule has 1 rings (SSSR count). The van der Waals surface area contributed by atoms with Gasteiger partial charge in [0.25, 0.3) is 0 Å². The van der Waals surface area contributed by atoms with Gasteiger partial charge >= 0.3 is 0 Å². The van der Waals surface area contributed by atoms with Crippen molar-refractivity contribution in [2.75, 3.05) is 13.4 Å². The maximum Gasteiger partial charge on any atom is 0.147 e. The first-order chi connectivity index (χ1) is 7.36. The smallest absolute Gasteiger partial charge is 0.147 e. The van der Waals surface area contributed by atoms with Crippen molar-refractivity contribution in [3.05, 3.63) is 0 Å². The van der Waals surface area contributed by atoms with Crippen LogP contribution in [0.2, 0.25) is 0 Å². The van der Waals surface area contributed by atoms with Crippen molar-refractivity contribution < 1.29 is 9.47 Å². The third kappa shape index (κ3) is 5.53. The highest BCUT2D eigenvalue weighted by Crippen LogP contribution is 2.21. The molecule has 0 aromatic rings. The maximum atomic E-state index is 5.57. The van der Waals surface area contributed by atoms with Crippen LogP contribution in [0.25, 0.3) is 0 Å². The Bertz CT molecular complexity index is 143. The molecule has 0 aromatic carbocycles. The van der Waals surface area contributed by atoms with Crippen LogP contribution in [0.5, 0.6) is 0 Å². The van der Waals surface area contributed by atoms with Crippen molar-refractivity contribution in [2.45, 2.75) is 64.9 Å². The zero-order chi connectivity index (χ0) is 10.9. The predicted octanol–water partition coefficient (Wildman–Crippen LogP) is 3.75. The number of ether oxygens (including phenoxy) is 2. The van der Waals surface area contributed by atoms with Crippen molar-refractivity contribution in [3.8, 4) is 0 Å². The van der Waals surface area contributed by atoms with Gasteiger partial charge in [0.1, 0.15) is 6.79 Å². The fraction of sp³-hybridized carbons (Fsp3) is 1.00. The van der Waals surface area contributed by atoms with E-state index in [2.05, 4.69) is 13.8 Å². The SMILES string of the molecule is CCCCC(CC)COCOC1CCC1. The largest absolute Gasteiger partial charge is 0.355 e. The lowest BCUT2D eigenvalue weighted by atomic mass is 9.96. The molecule has 1 fully saturated rings. The topological polar surface area (TPSA) is 18.5 Å². The summed E-state index contributed by atoms with van der Waals surface area (Å²) in [6.45, 7) is 5.88. The Labute approximate surface area is 94.3 Å². The van der Waals surface area contributed by atoms with Crippen LogP contribution in [0, 0.1) is 5.92 Å². The molecule has 90 valence electrons. The Hall–Kier alpha value is -0.0800. The summed E-state index contributed by atoms with van der Waals surface area (Å²) < 4.78 is 11.1. The molecular formula is C13H26O2. The van der Waals surface area contributed by atoms with Crippen LogP contribution in [-0.2, 0) is 9.47 Å². The highest BCUT2D eigenvalue weighted by molar-refractivity contribution is 4.68. The normalized spacial score (nSPS) is 18.8. The molecule has 1 saturated carbocycles. The van der Waals surface area contributed by atoms with Gasteiger partial charge in [-0.1, -0.05) is 33.1 Å². The molecular weight excluding hydrogens is 188 g/mol. The van der Waals surface area contributed by atoms with Crippen LogP contribution < -0.4 is 0 Å². The molecule has 0 aromatic heterocycles. The van der Waals surface area contributed by atoms with E-state index in [0.29, 0.717) is 12.9 Å². The summed E-state index contributed by atoms with van der Waals surface area (Å²) in [6.07, 6.45) is 9.44. The Morgan fingerprint density at radius 2 is 2.07 bits per heavy atom. The highest BCUT2D eigenvalue weighted by Gasteiger charge is 2.17. The molecule has 0 bridgehead atoms. The second-order valence-corrected chi connectivity index (χ2v) is 4.62. The molecule has 1 atom stereocenters. The van der Waals surface area contributed by atoms with E-state index in [-0.39, 0.29) is 0 Å². The third-order valence-corrected chi connectivity index (χ3v) is 3.34. The molecule has 0 N–H and O–H groups in total. The van der Waals surface area contributed by atoms with E-state index in [4.69, 9.17) is 9.47 Å². The van der Waals surface area contributed by atoms with E-state index in [1.807, 2.05) is 0 Å². The Morgan fingerprint density at radius 1 is 1.27 bits per heavy atom. The molecule has 15 heavy (non-hydrogen) atoms. The lowest BCUT2D eigenvalue weighted by Gasteiger charge is -2.25. The minimum Gasteiger partial charge on any atom is -0.355 e. The van der Waals surface area contributed by atoms with E-state index >= 15 is 0 Å². The van der Waals surface area contributed by atoms with E-state index < -0.39 is 0 Å². The number of rotatable bonds is 9. The van der Waals surface area contributed by atoms with Crippen LogP contribution in [-0.4, -0.2) is 19.5 Å². The van der Waals surface area contributed by atoms with E-state index in [9.17, 15) is 0 Å². The van der Waals surface area contributed by atoms with Gasteiger partial charge in [-0.25, -0.2) is 0 Å². The summed E-state index contributed by atoms with van der Waals surface area (Å²) in [6, 6.07) is 0. The zero-order valence-electron chi connectivity index (χ0n) is 10.3. The quantitative estimate of drug-likeness (QED) is 0.430. The average molecular weight is 214 g/mol. The molecule has 0 aliphatic heterocycles. The van der Waals surface area contributed by atoms with Crippen molar-refractivity contribution in [3.63, 3.8) is 0 Å². The van der Waals surface area contributed by atoms with Gasteiger partial charge in [-0.05, 0) is 31.6 Å². The summed E-state index contributed by atoms with van der Waals surface area (Å²) >= 11 is 0. The predicted molar refractivity (Wildman–Crippen MR) is 62.8 cm³/mol. The van der Waals surface area contributed by atoms with Crippen LogP contribution in [0.1, 0.15) is 58.8 Å². The van der Waals surface area contributed by atoms with Crippen molar-refractivity contribution in [2.24, 2.45) is 5.92 Å². The summed E-state index contributed by atoms with van der Waals surface area (Å²) in [5, 5.41) is 0. The molecule has 1 aliphatic carbocycles. The first-order valence-electron chi connectivity index (χ1n) is 6.56. The van der Waals surface area contributed by atoms with Gasteiger partial charge in [0.05, 0.1) is 12.7 Å². The summed E-state index contributed by atoms with van der Waals surface area (Å²) in [5.74, 6) is 0.731. The van der Waals surface area contributed by atoms with Crippen molar-refractivity contribution >= 4 is 0 Å². The lowest BCUT2D eigenvalue weighted by Crippen LogP contribution is -2.23. The Kier molecular flexibility index (Phi) is 7.03. The van der Waals surface area contributed by atoms with Crippen LogP contribution in [0.15, 0.2) is 0 Å². The van der Waals surface area contributed by atoms with Crippen molar-refractivity contribution in [1.29, 1.82) is 0 Å². The van der Waals surface area contributed by atoms with Crippen LogP contribution in [0.3, 0.4) is 0 Å².